The van der Waals surface area contributed by atoms with Crippen LogP contribution < -0.4 is 4.74 Å². The zero-order chi connectivity index (χ0) is 17.0. The fourth-order valence-corrected chi connectivity index (χ4v) is 2.87. The van der Waals surface area contributed by atoms with Gasteiger partial charge in [0.25, 0.3) is 5.92 Å². The number of halogens is 2. The minimum absolute atomic E-state index is 0.169. The highest BCUT2D eigenvalue weighted by molar-refractivity contribution is 5.67. The maximum absolute atomic E-state index is 14.0. The lowest BCUT2D eigenvalue weighted by Crippen LogP contribution is -2.30. The second kappa shape index (κ2) is 7.21. The number of alkyl halides is 2. The van der Waals surface area contributed by atoms with Crippen LogP contribution in [0.3, 0.4) is 0 Å². The molecule has 0 spiro atoms. The Morgan fingerprint density at radius 2 is 2.22 bits per heavy atom. The number of aromatic nitrogens is 1. The van der Waals surface area contributed by atoms with E-state index in [1.807, 2.05) is 24.0 Å². The molecule has 0 amide bonds. The Bertz CT molecular complexity index is 566. The molecule has 2 heterocycles. The van der Waals surface area contributed by atoms with E-state index in [4.69, 9.17) is 9.84 Å². The van der Waals surface area contributed by atoms with Crippen molar-refractivity contribution < 1.29 is 23.4 Å². The molecule has 1 aromatic heterocycles. The summed E-state index contributed by atoms with van der Waals surface area (Å²) < 4.78 is 33.3. The molecule has 2 rings (SSSR count). The topological polar surface area (TPSA) is 62.7 Å². The number of carboxylic acid groups (broad SMARTS) is 1. The number of pyridine rings is 1. The molecule has 1 unspecified atom stereocenters. The van der Waals surface area contributed by atoms with Crippen molar-refractivity contribution in [3.05, 3.63) is 23.4 Å². The third kappa shape index (κ3) is 4.60. The number of hydrogen-bond acceptors (Lipinski definition) is 4. The lowest BCUT2D eigenvalue weighted by molar-refractivity contribution is -0.143. The summed E-state index contributed by atoms with van der Waals surface area (Å²) in [5.74, 6) is -4.68. The van der Waals surface area contributed by atoms with Crippen molar-refractivity contribution in [2.45, 2.75) is 38.7 Å². The second-order valence-electron chi connectivity index (χ2n) is 6.00. The zero-order valence-corrected chi connectivity index (χ0v) is 13.4. The molecule has 1 atom stereocenters. The van der Waals surface area contributed by atoms with Gasteiger partial charge in [-0.2, -0.15) is 0 Å². The van der Waals surface area contributed by atoms with Crippen molar-refractivity contribution in [3.8, 4) is 5.88 Å². The predicted molar refractivity (Wildman–Crippen MR) is 80.7 cm³/mol. The van der Waals surface area contributed by atoms with E-state index < -0.39 is 24.2 Å². The summed E-state index contributed by atoms with van der Waals surface area (Å²) in [7, 11) is 1.54. The van der Waals surface area contributed by atoms with E-state index in [0.29, 0.717) is 19.0 Å². The Labute approximate surface area is 134 Å². The number of rotatable bonds is 5. The van der Waals surface area contributed by atoms with Crippen LogP contribution in [0.15, 0.2) is 12.1 Å². The summed E-state index contributed by atoms with van der Waals surface area (Å²) in [4.78, 5) is 17.0. The first kappa shape index (κ1) is 17.6. The highest BCUT2D eigenvalue weighted by Crippen LogP contribution is 2.36. The number of likely N-dealkylation sites (tertiary alicyclic amines) is 1. The molecule has 1 aliphatic heterocycles. The van der Waals surface area contributed by atoms with Crippen LogP contribution in [0.4, 0.5) is 8.78 Å². The minimum Gasteiger partial charge on any atom is -0.481 e. The molecular formula is C16H22F2N2O3. The summed E-state index contributed by atoms with van der Waals surface area (Å²) in [5.41, 5.74) is 1.67. The van der Waals surface area contributed by atoms with Gasteiger partial charge < -0.3 is 9.84 Å². The van der Waals surface area contributed by atoms with E-state index in [1.165, 1.54) is 0 Å². The molecule has 0 bridgehead atoms. The third-order valence-corrected chi connectivity index (χ3v) is 4.26. The summed E-state index contributed by atoms with van der Waals surface area (Å²) in [5, 5.41) is 8.80. The lowest BCUT2D eigenvalue weighted by Gasteiger charge is -2.22. The molecule has 0 aliphatic carbocycles. The number of carbonyl (C=O) groups is 1. The van der Waals surface area contributed by atoms with Gasteiger partial charge in [0.2, 0.25) is 5.88 Å². The zero-order valence-electron chi connectivity index (χ0n) is 13.4. The van der Waals surface area contributed by atoms with E-state index in [0.717, 1.165) is 11.3 Å². The van der Waals surface area contributed by atoms with Crippen molar-refractivity contribution in [2.24, 2.45) is 5.92 Å². The van der Waals surface area contributed by atoms with Gasteiger partial charge in [0.1, 0.15) is 0 Å². The van der Waals surface area contributed by atoms with Crippen LogP contribution >= 0.6 is 0 Å². The van der Waals surface area contributed by atoms with Gasteiger partial charge in [0, 0.05) is 31.0 Å². The Hall–Kier alpha value is -1.76. The Morgan fingerprint density at radius 3 is 2.87 bits per heavy atom. The summed E-state index contributed by atoms with van der Waals surface area (Å²) in [6, 6.07) is 3.75. The van der Waals surface area contributed by atoms with Crippen LogP contribution in [0, 0.1) is 12.8 Å². The molecule has 0 aromatic carbocycles. The fraction of sp³-hybridized carbons (Fsp3) is 0.625. The highest BCUT2D eigenvalue weighted by atomic mass is 19.3. The van der Waals surface area contributed by atoms with Gasteiger partial charge >= 0.3 is 5.97 Å². The van der Waals surface area contributed by atoms with Gasteiger partial charge in [-0.05, 0) is 26.0 Å². The highest BCUT2D eigenvalue weighted by Gasteiger charge is 2.42. The van der Waals surface area contributed by atoms with Gasteiger partial charge in [0.05, 0.1) is 19.2 Å². The fourth-order valence-electron chi connectivity index (χ4n) is 2.87. The van der Waals surface area contributed by atoms with Gasteiger partial charge in [-0.3, -0.25) is 9.69 Å². The van der Waals surface area contributed by atoms with E-state index >= 15 is 0 Å². The Balaban J connectivity index is 2.04. The molecule has 0 saturated carbocycles. The van der Waals surface area contributed by atoms with E-state index in [2.05, 4.69) is 4.98 Å². The number of nitrogens with zero attached hydrogens (tertiary/aromatic N) is 2. The molecule has 128 valence electrons. The Kier molecular flexibility index (Phi) is 5.51. The number of aryl methyl sites for hydroxylation is 1. The van der Waals surface area contributed by atoms with E-state index in [1.54, 1.807) is 7.11 Å². The van der Waals surface area contributed by atoms with Gasteiger partial charge in [-0.25, -0.2) is 13.8 Å². The number of hydrogen-bond donors (Lipinski definition) is 1. The molecule has 23 heavy (non-hydrogen) atoms. The summed E-state index contributed by atoms with van der Waals surface area (Å²) >= 11 is 0. The second-order valence-corrected chi connectivity index (χ2v) is 6.00. The summed E-state index contributed by atoms with van der Waals surface area (Å²) in [6.07, 6.45) is -0.645. The monoisotopic (exact) mass is 328 g/mol. The molecule has 1 saturated heterocycles. The van der Waals surface area contributed by atoms with Crippen LogP contribution in [-0.4, -0.2) is 47.1 Å². The van der Waals surface area contributed by atoms with Crippen LogP contribution in [0.25, 0.3) is 0 Å². The lowest BCUT2D eigenvalue weighted by atomic mass is 9.93. The van der Waals surface area contributed by atoms with E-state index in [9.17, 15) is 13.6 Å². The number of aliphatic carboxylic acids is 1. The smallest absolute Gasteiger partial charge is 0.303 e. The first-order chi connectivity index (χ1) is 10.8. The Morgan fingerprint density at radius 1 is 1.48 bits per heavy atom. The quantitative estimate of drug-likeness (QED) is 0.900. The van der Waals surface area contributed by atoms with Crippen molar-refractivity contribution >= 4 is 5.97 Å². The average molecular weight is 328 g/mol. The first-order valence-electron chi connectivity index (χ1n) is 7.64. The van der Waals surface area contributed by atoms with Crippen molar-refractivity contribution in [1.29, 1.82) is 0 Å². The van der Waals surface area contributed by atoms with E-state index in [-0.39, 0.29) is 19.4 Å². The molecule has 1 aliphatic rings. The normalized spacial score (nSPS) is 21.7. The summed E-state index contributed by atoms with van der Waals surface area (Å²) in [6.45, 7) is 3.00. The molecular weight excluding hydrogens is 306 g/mol. The molecule has 1 N–H and O–H groups in total. The first-order valence-corrected chi connectivity index (χ1v) is 7.64. The SMILES string of the molecule is COc1nc(CN2CCC(CC(=O)O)C(F)(F)CC2)ccc1C. The third-order valence-electron chi connectivity index (χ3n) is 4.26. The number of methoxy groups -OCH3 is 1. The largest absolute Gasteiger partial charge is 0.481 e. The maximum atomic E-state index is 14.0. The molecule has 1 fully saturated rings. The number of ether oxygens (including phenoxy) is 1. The van der Waals surface area contributed by atoms with Crippen LogP contribution in [0.2, 0.25) is 0 Å². The molecule has 5 nitrogen and oxygen atoms in total. The van der Waals surface area contributed by atoms with Crippen molar-refractivity contribution in [3.63, 3.8) is 0 Å². The number of carboxylic acids is 1. The maximum Gasteiger partial charge on any atom is 0.303 e. The average Bonchev–Trinajstić information content (AvgIpc) is 2.61. The van der Waals surface area contributed by atoms with Crippen LogP contribution in [-0.2, 0) is 11.3 Å². The molecule has 1 aromatic rings. The van der Waals surface area contributed by atoms with Crippen molar-refractivity contribution in [2.75, 3.05) is 20.2 Å². The standard InChI is InChI=1S/C16H22F2N2O3/c1-11-3-4-13(19-15(11)23-2)10-20-7-5-12(9-14(21)22)16(17,18)6-8-20/h3-4,12H,5-10H2,1-2H3,(H,21,22). The van der Waals surface area contributed by atoms with Gasteiger partial charge in [-0.15, -0.1) is 0 Å². The van der Waals surface area contributed by atoms with Gasteiger partial charge in [-0.1, -0.05) is 6.07 Å². The van der Waals surface area contributed by atoms with Crippen LogP contribution in [0.5, 0.6) is 5.88 Å². The van der Waals surface area contributed by atoms with Crippen molar-refractivity contribution in [1.82, 2.24) is 9.88 Å². The molecule has 0 radical (unpaired) electrons. The van der Waals surface area contributed by atoms with Crippen LogP contribution in [0.1, 0.15) is 30.5 Å². The predicted octanol–water partition coefficient (Wildman–Crippen LogP) is 2.72. The molecule has 7 heteroatoms. The van der Waals surface area contributed by atoms with Gasteiger partial charge in [0.15, 0.2) is 0 Å². The minimum atomic E-state index is -2.94.